The first-order valence-electron chi connectivity index (χ1n) is 3.47. The Bertz CT molecular complexity index is 458. The van der Waals surface area contributed by atoms with Crippen molar-refractivity contribution in [3.63, 3.8) is 0 Å². The molecule has 0 bridgehead atoms. The minimum Gasteiger partial charge on any atom is -0.328 e. The van der Waals surface area contributed by atoms with E-state index in [2.05, 4.69) is 21.2 Å². The molecule has 0 fully saturated rings. The number of anilines is 1. The quantitative estimate of drug-likeness (QED) is 0.797. The number of halogens is 1. The van der Waals surface area contributed by atoms with Crippen LogP contribution in [-0.4, -0.2) is 14.8 Å². The number of primary sulfonamides is 1. The molecule has 0 aliphatic heterocycles. The summed E-state index contributed by atoms with van der Waals surface area (Å²) < 4.78 is 22.3. The lowest BCUT2D eigenvalue weighted by molar-refractivity contribution is -0.105. The second kappa shape index (κ2) is 4.07. The van der Waals surface area contributed by atoms with Gasteiger partial charge in [0.05, 0.1) is 10.6 Å². The van der Waals surface area contributed by atoms with E-state index in [1.54, 1.807) is 0 Å². The Morgan fingerprint density at radius 2 is 2.07 bits per heavy atom. The Labute approximate surface area is 89.5 Å². The third-order valence-electron chi connectivity index (χ3n) is 1.48. The molecule has 14 heavy (non-hydrogen) atoms. The number of sulfonamides is 1. The Kier molecular flexibility index (Phi) is 3.25. The maximum absolute atomic E-state index is 10.9. The first-order chi connectivity index (χ1) is 6.45. The normalized spacial score (nSPS) is 11.0. The van der Waals surface area contributed by atoms with Crippen LogP contribution in [0.5, 0.6) is 0 Å². The van der Waals surface area contributed by atoms with Crippen molar-refractivity contribution in [1.82, 2.24) is 0 Å². The number of amides is 1. The molecule has 0 spiro atoms. The molecule has 0 atom stereocenters. The summed E-state index contributed by atoms with van der Waals surface area (Å²) in [5, 5.41) is 7.30. The van der Waals surface area contributed by atoms with Crippen LogP contribution in [0.15, 0.2) is 27.6 Å². The van der Waals surface area contributed by atoms with E-state index in [1.165, 1.54) is 18.2 Å². The Hall–Kier alpha value is -0.920. The van der Waals surface area contributed by atoms with E-state index in [1.807, 2.05) is 0 Å². The number of benzene rings is 1. The smallest absolute Gasteiger partial charge is 0.238 e. The molecule has 7 heteroatoms. The molecule has 0 aliphatic carbocycles. The van der Waals surface area contributed by atoms with E-state index < -0.39 is 10.0 Å². The molecule has 3 N–H and O–H groups in total. The average molecular weight is 279 g/mol. The van der Waals surface area contributed by atoms with Crippen molar-refractivity contribution < 1.29 is 13.2 Å². The van der Waals surface area contributed by atoms with Crippen LogP contribution >= 0.6 is 15.9 Å². The van der Waals surface area contributed by atoms with Crippen LogP contribution in [0, 0.1) is 0 Å². The maximum Gasteiger partial charge on any atom is 0.238 e. The van der Waals surface area contributed by atoms with Gasteiger partial charge >= 0.3 is 0 Å². The molecular weight excluding hydrogens is 272 g/mol. The van der Waals surface area contributed by atoms with Gasteiger partial charge in [0.2, 0.25) is 16.4 Å². The van der Waals surface area contributed by atoms with Crippen molar-refractivity contribution in [2.75, 3.05) is 5.32 Å². The minimum atomic E-state index is -3.70. The van der Waals surface area contributed by atoms with Gasteiger partial charge in [0.25, 0.3) is 0 Å². The highest BCUT2D eigenvalue weighted by Crippen LogP contribution is 2.24. The molecule has 1 amide bonds. The minimum absolute atomic E-state index is 0.0131. The van der Waals surface area contributed by atoms with Gasteiger partial charge in [-0.25, -0.2) is 13.6 Å². The number of carbonyl (C=O) groups is 1. The standard InChI is InChI=1S/C7H7BrN2O3S/c8-6-3-5(14(9,12)13)1-2-7(6)10-4-11/h1-4H,(H,10,11)(H2,9,12,13). The van der Waals surface area contributed by atoms with Gasteiger partial charge in [-0.3, -0.25) is 4.79 Å². The largest absolute Gasteiger partial charge is 0.328 e. The van der Waals surface area contributed by atoms with E-state index in [0.29, 0.717) is 16.6 Å². The molecule has 0 aliphatic rings. The molecule has 0 unspecified atom stereocenters. The molecule has 0 heterocycles. The van der Waals surface area contributed by atoms with E-state index in [0.717, 1.165) is 0 Å². The number of hydrogen-bond donors (Lipinski definition) is 2. The lowest BCUT2D eigenvalue weighted by Crippen LogP contribution is -2.12. The SMILES string of the molecule is NS(=O)(=O)c1ccc(NC=O)c(Br)c1. The fourth-order valence-corrected chi connectivity index (χ4v) is 2.04. The van der Waals surface area contributed by atoms with Gasteiger partial charge in [-0.1, -0.05) is 0 Å². The summed E-state index contributed by atoms with van der Waals surface area (Å²) in [5.41, 5.74) is 0.479. The summed E-state index contributed by atoms with van der Waals surface area (Å²) >= 11 is 3.10. The number of hydrogen-bond acceptors (Lipinski definition) is 3. The lowest BCUT2D eigenvalue weighted by Gasteiger charge is -2.04. The predicted octanol–water partition coefficient (Wildman–Crippen LogP) is 0.665. The zero-order valence-corrected chi connectivity index (χ0v) is 9.30. The van der Waals surface area contributed by atoms with E-state index in [-0.39, 0.29) is 4.90 Å². The fourth-order valence-electron chi connectivity index (χ4n) is 0.853. The molecule has 0 saturated carbocycles. The predicted molar refractivity (Wildman–Crippen MR) is 55.2 cm³/mol. The summed E-state index contributed by atoms with van der Waals surface area (Å²) in [4.78, 5) is 10.1. The molecule has 76 valence electrons. The first kappa shape index (κ1) is 11.2. The highest BCUT2D eigenvalue weighted by molar-refractivity contribution is 9.10. The second-order valence-electron chi connectivity index (χ2n) is 2.45. The van der Waals surface area contributed by atoms with Crippen molar-refractivity contribution in [2.45, 2.75) is 4.90 Å². The molecule has 1 aromatic rings. The highest BCUT2D eigenvalue weighted by Gasteiger charge is 2.09. The third kappa shape index (κ3) is 2.53. The number of carbonyl (C=O) groups excluding carboxylic acids is 1. The molecule has 0 radical (unpaired) electrons. The van der Waals surface area contributed by atoms with Gasteiger partial charge in [0, 0.05) is 4.47 Å². The van der Waals surface area contributed by atoms with Crippen LogP contribution in [-0.2, 0) is 14.8 Å². The molecule has 0 saturated heterocycles. The molecule has 1 rings (SSSR count). The number of nitrogens with two attached hydrogens (primary N) is 1. The van der Waals surface area contributed by atoms with Crippen molar-refractivity contribution in [1.29, 1.82) is 0 Å². The second-order valence-corrected chi connectivity index (χ2v) is 4.86. The van der Waals surface area contributed by atoms with E-state index in [9.17, 15) is 13.2 Å². The summed E-state index contributed by atoms with van der Waals surface area (Å²) in [7, 11) is -3.70. The van der Waals surface area contributed by atoms with Gasteiger partial charge in [-0.15, -0.1) is 0 Å². The van der Waals surface area contributed by atoms with Crippen LogP contribution in [0.1, 0.15) is 0 Å². The fraction of sp³-hybridized carbons (Fsp3) is 0. The van der Waals surface area contributed by atoms with Crippen molar-refractivity contribution in [3.8, 4) is 0 Å². The molecular formula is C7H7BrN2O3S. The summed E-state index contributed by atoms with van der Waals surface area (Å²) in [6.45, 7) is 0. The van der Waals surface area contributed by atoms with Gasteiger partial charge in [0.1, 0.15) is 0 Å². The Morgan fingerprint density at radius 3 is 2.50 bits per heavy atom. The number of nitrogens with one attached hydrogen (secondary N) is 1. The number of rotatable bonds is 3. The van der Waals surface area contributed by atoms with Crippen molar-refractivity contribution >= 4 is 38.1 Å². The lowest BCUT2D eigenvalue weighted by atomic mass is 10.3. The zero-order chi connectivity index (χ0) is 10.8. The third-order valence-corrected chi connectivity index (χ3v) is 3.05. The average Bonchev–Trinajstić information content (AvgIpc) is 2.07. The van der Waals surface area contributed by atoms with Gasteiger partial charge in [0.15, 0.2) is 0 Å². The van der Waals surface area contributed by atoms with Crippen LogP contribution in [0.3, 0.4) is 0 Å². The van der Waals surface area contributed by atoms with Gasteiger partial charge < -0.3 is 5.32 Å². The molecule has 0 aromatic heterocycles. The summed E-state index contributed by atoms with van der Waals surface area (Å²) in [5.74, 6) is 0. The highest BCUT2D eigenvalue weighted by atomic mass is 79.9. The zero-order valence-electron chi connectivity index (χ0n) is 6.90. The first-order valence-corrected chi connectivity index (χ1v) is 5.81. The van der Waals surface area contributed by atoms with Crippen LogP contribution in [0.2, 0.25) is 0 Å². The van der Waals surface area contributed by atoms with Crippen LogP contribution in [0.4, 0.5) is 5.69 Å². The van der Waals surface area contributed by atoms with Gasteiger partial charge in [-0.2, -0.15) is 0 Å². The summed E-state index contributed by atoms with van der Waals surface area (Å²) in [6.07, 6.45) is 0.497. The van der Waals surface area contributed by atoms with Gasteiger partial charge in [-0.05, 0) is 34.1 Å². The Balaban J connectivity index is 3.19. The van der Waals surface area contributed by atoms with E-state index >= 15 is 0 Å². The maximum atomic E-state index is 10.9. The van der Waals surface area contributed by atoms with Crippen LogP contribution < -0.4 is 10.5 Å². The molecule has 1 aromatic carbocycles. The summed E-state index contributed by atoms with van der Waals surface area (Å²) in [6, 6.07) is 4.07. The van der Waals surface area contributed by atoms with E-state index in [4.69, 9.17) is 5.14 Å². The topological polar surface area (TPSA) is 89.3 Å². The van der Waals surface area contributed by atoms with Crippen molar-refractivity contribution in [2.24, 2.45) is 5.14 Å². The monoisotopic (exact) mass is 278 g/mol. The molecule has 5 nitrogen and oxygen atoms in total. The van der Waals surface area contributed by atoms with Crippen LogP contribution in [0.25, 0.3) is 0 Å². The Morgan fingerprint density at radius 1 is 1.43 bits per heavy atom. The van der Waals surface area contributed by atoms with Crippen molar-refractivity contribution in [3.05, 3.63) is 22.7 Å².